The Bertz CT molecular complexity index is 656. The van der Waals surface area contributed by atoms with Gasteiger partial charge in [-0.05, 0) is 46.3 Å². The Balaban J connectivity index is 0.000000256. The van der Waals surface area contributed by atoms with E-state index < -0.39 is 12.1 Å². The van der Waals surface area contributed by atoms with Crippen molar-refractivity contribution < 1.29 is 27.9 Å². The molecule has 2 fully saturated rings. The molecule has 1 aromatic rings. The monoisotopic (exact) mass is 409 g/mol. The zero-order valence-corrected chi connectivity index (χ0v) is 14.1. The van der Waals surface area contributed by atoms with E-state index in [2.05, 4.69) is 38.5 Å². The lowest BCUT2D eigenvalue weighted by Gasteiger charge is -2.13. The number of aliphatic carboxylic acids is 1. The third-order valence-corrected chi connectivity index (χ3v) is 4.39. The number of anilines is 1. The first-order chi connectivity index (χ1) is 11.0. The maximum absolute atomic E-state index is 12.0. The van der Waals surface area contributed by atoms with E-state index >= 15 is 0 Å². The van der Waals surface area contributed by atoms with Gasteiger partial charge in [-0.1, -0.05) is 13.0 Å². The number of carboxylic acid groups (broad SMARTS) is 1. The molecular weight excluding hydrogens is 395 g/mol. The van der Waals surface area contributed by atoms with E-state index in [0.29, 0.717) is 17.3 Å². The molecule has 2 heterocycles. The zero-order valence-electron chi connectivity index (χ0n) is 12.5. The Morgan fingerprint density at radius 3 is 2.50 bits per heavy atom. The zero-order chi connectivity index (χ0) is 18.1. The molecule has 1 saturated carbocycles. The quantitative estimate of drug-likeness (QED) is 0.652. The van der Waals surface area contributed by atoms with Crippen molar-refractivity contribution in [2.75, 3.05) is 5.32 Å². The van der Waals surface area contributed by atoms with E-state index in [9.17, 15) is 18.0 Å². The number of hydrogen-bond donors (Lipinski definition) is 3. The first-order valence-electron chi connectivity index (χ1n) is 7.01. The van der Waals surface area contributed by atoms with Gasteiger partial charge in [-0.25, -0.2) is 9.78 Å². The summed E-state index contributed by atoms with van der Waals surface area (Å²) in [5, 5.41) is 13.3. The van der Waals surface area contributed by atoms with Crippen LogP contribution >= 0.6 is 15.9 Å². The van der Waals surface area contributed by atoms with E-state index in [4.69, 9.17) is 9.90 Å². The summed E-state index contributed by atoms with van der Waals surface area (Å²) in [7, 11) is 0. The number of alkyl halides is 3. The number of rotatable bonds is 2. The molecule has 0 bridgehead atoms. The maximum atomic E-state index is 12.0. The van der Waals surface area contributed by atoms with Crippen LogP contribution in [0.3, 0.4) is 0 Å². The Morgan fingerprint density at radius 2 is 2.04 bits per heavy atom. The number of carbonyl (C=O) groups is 2. The summed E-state index contributed by atoms with van der Waals surface area (Å²) in [6.07, 6.45) is -2.95. The molecule has 2 aliphatic rings. The number of halogens is 4. The lowest BCUT2D eigenvalue weighted by Crippen LogP contribution is -2.38. The number of pyridine rings is 1. The molecule has 3 atom stereocenters. The Morgan fingerprint density at radius 1 is 1.42 bits per heavy atom. The fraction of sp³-hybridized carbons (Fsp3) is 0.500. The number of hydrogen-bond acceptors (Lipinski definition) is 4. The van der Waals surface area contributed by atoms with Gasteiger partial charge in [-0.2, -0.15) is 13.2 Å². The van der Waals surface area contributed by atoms with Gasteiger partial charge in [-0.15, -0.1) is 0 Å². The highest BCUT2D eigenvalue weighted by atomic mass is 79.9. The van der Waals surface area contributed by atoms with Crippen LogP contribution in [0.1, 0.15) is 19.8 Å². The van der Waals surface area contributed by atoms with Gasteiger partial charge in [-0.3, -0.25) is 4.79 Å². The lowest BCUT2D eigenvalue weighted by molar-refractivity contribution is -0.192. The van der Waals surface area contributed by atoms with Crippen LogP contribution in [0, 0.1) is 5.41 Å². The minimum Gasteiger partial charge on any atom is -0.475 e. The minimum atomic E-state index is -5.08. The number of fused-ring (bicyclic) bond motifs is 1. The molecule has 1 aliphatic carbocycles. The standard InChI is InChI=1S/C12H14BrN3O.C2HF3O2/c1-12-5-7(14-8(12)6-12)11(17)16-10-4-2-3-9(13)15-10;3-2(4,5)1(6)7/h2-4,7-8,14H,5-6H2,1H3,(H,15,16,17);(H,6,7)/t7-,8+,12-;/m0./s1. The predicted molar refractivity (Wildman–Crippen MR) is 82.3 cm³/mol. The summed E-state index contributed by atoms with van der Waals surface area (Å²) in [5.74, 6) is -2.14. The van der Waals surface area contributed by atoms with E-state index in [0.717, 1.165) is 11.0 Å². The molecule has 0 spiro atoms. The van der Waals surface area contributed by atoms with Gasteiger partial charge in [0.25, 0.3) is 0 Å². The van der Waals surface area contributed by atoms with Crippen molar-refractivity contribution in [3.8, 4) is 0 Å². The fourth-order valence-corrected chi connectivity index (χ4v) is 2.86. The van der Waals surface area contributed by atoms with Gasteiger partial charge >= 0.3 is 12.1 Å². The van der Waals surface area contributed by atoms with Gasteiger partial charge in [0.2, 0.25) is 5.91 Å². The number of aromatic nitrogens is 1. The molecule has 10 heteroatoms. The van der Waals surface area contributed by atoms with Crippen LogP contribution in [0.5, 0.6) is 0 Å². The second-order valence-electron chi connectivity index (χ2n) is 5.97. The molecule has 1 aliphatic heterocycles. The van der Waals surface area contributed by atoms with Gasteiger partial charge in [0.1, 0.15) is 10.4 Å². The predicted octanol–water partition coefficient (Wildman–Crippen LogP) is 2.56. The van der Waals surface area contributed by atoms with Crippen LogP contribution in [0.25, 0.3) is 0 Å². The number of amides is 1. The molecule has 1 aromatic heterocycles. The topological polar surface area (TPSA) is 91.3 Å². The van der Waals surface area contributed by atoms with Crippen molar-refractivity contribution in [2.45, 2.75) is 38.0 Å². The summed E-state index contributed by atoms with van der Waals surface area (Å²) in [5.41, 5.74) is 0.354. The molecule has 1 saturated heterocycles. The van der Waals surface area contributed by atoms with Crippen LogP contribution in [-0.2, 0) is 9.59 Å². The molecule has 0 radical (unpaired) electrons. The highest BCUT2D eigenvalue weighted by Gasteiger charge is 2.58. The second-order valence-corrected chi connectivity index (χ2v) is 6.78. The normalized spacial score (nSPS) is 27.5. The Hall–Kier alpha value is -1.68. The van der Waals surface area contributed by atoms with Gasteiger partial charge in [0.15, 0.2) is 0 Å². The van der Waals surface area contributed by atoms with Gasteiger partial charge in [0, 0.05) is 6.04 Å². The summed E-state index contributed by atoms with van der Waals surface area (Å²) >= 11 is 3.28. The van der Waals surface area contributed by atoms with Gasteiger partial charge in [0.05, 0.1) is 6.04 Å². The van der Waals surface area contributed by atoms with Crippen LogP contribution in [0.2, 0.25) is 0 Å². The molecule has 0 unspecified atom stereocenters. The van der Waals surface area contributed by atoms with E-state index in [1.165, 1.54) is 6.42 Å². The third kappa shape index (κ3) is 4.67. The first kappa shape index (κ1) is 18.7. The fourth-order valence-electron chi connectivity index (χ4n) is 2.52. The molecule has 6 nitrogen and oxygen atoms in total. The summed E-state index contributed by atoms with van der Waals surface area (Å²) in [4.78, 5) is 25.1. The van der Waals surface area contributed by atoms with Crippen LogP contribution in [0.4, 0.5) is 19.0 Å². The smallest absolute Gasteiger partial charge is 0.475 e. The van der Waals surface area contributed by atoms with Crippen molar-refractivity contribution in [1.82, 2.24) is 10.3 Å². The third-order valence-electron chi connectivity index (χ3n) is 3.95. The van der Waals surface area contributed by atoms with E-state index in [1.54, 1.807) is 6.07 Å². The van der Waals surface area contributed by atoms with Gasteiger partial charge < -0.3 is 15.7 Å². The number of carbonyl (C=O) groups excluding carboxylic acids is 1. The number of nitrogens with zero attached hydrogens (tertiary/aromatic N) is 1. The Kier molecular flexibility index (Phi) is 5.19. The number of nitrogens with one attached hydrogen (secondary N) is 2. The number of piperidine rings is 1. The molecule has 3 rings (SSSR count). The van der Waals surface area contributed by atoms with Crippen LogP contribution in [-0.4, -0.2) is 40.2 Å². The Labute approximate surface area is 144 Å². The van der Waals surface area contributed by atoms with Crippen molar-refractivity contribution in [3.63, 3.8) is 0 Å². The van der Waals surface area contributed by atoms with E-state index in [-0.39, 0.29) is 11.9 Å². The molecule has 132 valence electrons. The molecule has 1 amide bonds. The molecular formula is C14H15BrF3N3O3. The average Bonchev–Trinajstić information content (AvgIpc) is 2.96. The van der Waals surface area contributed by atoms with Crippen molar-refractivity contribution in [1.29, 1.82) is 0 Å². The summed E-state index contributed by atoms with van der Waals surface area (Å²) in [6.45, 7) is 2.23. The largest absolute Gasteiger partial charge is 0.490 e. The minimum absolute atomic E-state index is 0.0176. The first-order valence-corrected chi connectivity index (χ1v) is 7.80. The SMILES string of the molecule is C[C@@]12C[C@@H](C(=O)Nc3cccc(Br)n3)N[C@@H]1C2.O=C(O)C(F)(F)F. The lowest BCUT2D eigenvalue weighted by atomic mass is 10.0. The average molecular weight is 410 g/mol. The van der Waals surface area contributed by atoms with Crippen molar-refractivity contribution in [3.05, 3.63) is 22.8 Å². The van der Waals surface area contributed by atoms with Crippen LogP contribution < -0.4 is 10.6 Å². The summed E-state index contributed by atoms with van der Waals surface area (Å²) < 4.78 is 32.5. The van der Waals surface area contributed by atoms with Crippen molar-refractivity contribution >= 4 is 33.6 Å². The molecule has 0 aromatic carbocycles. The number of carboxylic acids is 1. The molecule has 3 N–H and O–H groups in total. The second kappa shape index (κ2) is 6.67. The van der Waals surface area contributed by atoms with E-state index in [1.807, 2.05) is 12.1 Å². The summed E-state index contributed by atoms with van der Waals surface area (Å²) in [6, 6.07) is 5.95. The van der Waals surface area contributed by atoms with Crippen molar-refractivity contribution in [2.24, 2.45) is 5.41 Å². The highest BCUT2D eigenvalue weighted by Crippen LogP contribution is 2.53. The molecule has 24 heavy (non-hydrogen) atoms. The maximum Gasteiger partial charge on any atom is 0.490 e. The highest BCUT2D eigenvalue weighted by molar-refractivity contribution is 9.10. The van der Waals surface area contributed by atoms with Crippen LogP contribution in [0.15, 0.2) is 22.8 Å².